The molecular formula is C16H15ClN2. The lowest BCUT2D eigenvalue weighted by Crippen LogP contribution is -1.89. The Kier molecular flexibility index (Phi) is 4.76. The van der Waals surface area contributed by atoms with Crippen LogP contribution in [0.5, 0.6) is 0 Å². The first-order valence-electron chi connectivity index (χ1n) is 6.02. The van der Waals surface area contributed by atoms with E-state index in [4.69, 9.17) is 11.6 Å². The van der Waals surface area contributed by atoms with Gasteiger partial charge >= 0.3 is 0 Å². The molecule has 3 heteroatoms. The predicted molar refractivity (Wildman–Crippen MR) is 83.7 cm³/mol. The highest BCUT2D eigenvalue weighted by atomic mass is 35.5. The molecule has 1 N–H and O–H groups in total. The van der Waals surface area contributed by atoms with E-state index in [1.807, 2.05) is 49.4 Å². The molecule has 0 aliphatic rings. The summed E-state index contributed by atoms with van der Waals surface area (Å²) in [5.74, 6) is 0. The number of nitrogens with one attached hydrogen (secondary N) is 1. The number of anilines is 1. The van der Waals surface area contributed by atoms with Crippen molar-refractivity contribution in [1.29, 1.82) is 0 Å². The molecule has 2 nitrogen and oxygen atoms in total. The highest BCUT2D eigenvalue weighted by Crippen LogP contribution is 2.13. The van der Waals surface area contributed by atoms with Crippen LogP contribution in [0, 0.1) is 0 Å². The number of nitrogens with zero attached hydrogens (tertiary/aromatic N) is 1. The minimum absolute atomic E-state index is 0.717. The Bertz CT molecular complexity index is 571. The molecule has 0 bridgehead atoms. The zero-order chi connectivity index (χ0) is 13.5. The van der Waals surface area contributed by atoms with Gasteiger partial charge in [0.05, 0.1) is 11.9 Å². The zero-order valence-electron chi connectivity index (χ0n) is 10.7. The summed E-state index contributed by atoms with van der Waals surface area (Å²) in [7, 11) is 0. The van der Waals surface area contributed by atoms with Gasteiger partial charge in [0.25, 0.3) is 0 Å². The lowest BCUT2D eigenvalue weighted by molar-refractivity contribution is 1.35. The van der Waals surface area contributed by atoms with Crippen LogP contribution in [-0.4, -0.2) is 6.21 Å². The number of rotatable bonds is 4. The van der Waals surface area contributed by atoms with E-state index in [1.54, 1.807) is 6.21 Å². The molecule has 0 aromatic heterocycles. The second-order valence-corrected chi connectivity index (χ2v) is 4.61. The van der Waals surface area contributed by atoms with Crippen LogP contribution in [-0.2, 0) is 0 Å². The summed E-state index contributed by atoms with van der Waals surface area (Å²) in [5.41, 5.74) is 6.11. The first-order chi connectivity index (χ1) is 9.24. The molecule has 0 aliphatic carbocycles. The summed E-state index contributed by atoms with van der Waals surface area (Å²) in [6, 6.07) is 17.6. The van der Waals surface area contributed by atoms with Gasteiger partial charge in [0.2, 0.25) is 0 Å². The fourth-order valence-electron chi connectivity index (χ4n) is 1.58. The van der Waals surface area contributed by atoms with Crippen LogP contribution in [0.2, 0.25) is 5.02 Å². The van der Waals surface area contributed by atoms with Gasteiger partial charge < -0.3 is 0 Å². The Morgan fingerprint density at radius 2 is 1.74 bits per heavy atom. The van der Waals surface area contributed by atoms with Crippen LogP contribution < -0.4 is 5.43 Å². The van der Waals surface area contributed by atoms with Crippen LogP contribution in [0.3, 0.4) is 0 Å². The molecule has 19 heavy (non-hydrogen) atoms. The van der Waals surface area contributed by atoms with E-state index < -0.39 is 0 Å². The molecule has 0 saturated carbocycles. The Morgan fingerprint density at radius 1 is 1.05 bits per heavy atom. The Labute approximate surface area is 118 Å². The van der Waals surface area contributed by atoms with Gasteiger partial charge in [-0.1, -0.05) is 48.0 Å². The van der Waals surface area contributed by atoms with E-state index in [-0.39, 0.29) is 0 Å². The predicted octanol–water partition coefficient (Wildman–Crippen LogP) is 4.84. The fraction of sp³-hybridized carbons (Fsp3) is 0.0625. The molecule has 0 spiro atoms. The van der Waals surface area contributed by atoms with E-state index in [1.165, 1.54) is 0 Å². The number of hydrogen-bond acceptors (Lipinski definition) is 2. The monoisotopic (exact) mass is 270 g/mol. The number of benzene rings is 2. The summed E-state index contributed by atoms with van der Waals surface area (Å²) < 4.78 is 0. The van der Waals surface area contributed by atoms with Gasteiger partial charge in [-0.3, -0.25) is 5.43 Å². The van der Waals surface area contributed by atoms with E-state index in [0.29, 0.717) is 0 Å². The van der Waals surface area contributed by atoms with Crippen molar-refractivity contribution < 1.29 is 0 Å². The standard InChI is InChI=1S/C16H15ClN2/c1-13(11-14-5-3-2-4-6-14)12-18-19-16-9-7-15(17)8-10-16/h2-12,19H,1H3/b13-11+,18-12-. The largest absolute Gasteiger partial charge is 0.279 e. The Hall–Kier alpha value is -2.06. The molecule has 0 saturated heterocycles. The lowest BCUT2D eigenvalue weighted by atomic mass is 10.1. The fourth-order valence-corrected chi connectivity index (χ4v) is 1.71. The van der Waals surface area contributed by atoms with E-state index in [0.717, 1.165) is 21.8 Å². The molecule has 0 fully saturated rings. The van der Waals surface area contributed by atoms with Gasteiger partial charge in [-0.05, 0) is 42.3 Å². The van der Waals surface area contributed by atoms with Crippen LogP contribution in [0.25, 0.3) is 6.08 Å². The maximum atomic E-state index is 5.81. The van der Waals surface area contributed by atoms with E-state index in [2.05, 4.69) is 28.7 Å². The van der Waals surface area contributed by atoms with Crippen molar-refractivity contribution in [2.24, 2.45) is 5.10 Å². The van der Waals surface area contributed by atoms with Crippen molar-refractivity contribution in [2.45, 2.75) is 6.92 Å². The third-order valence-corrected chi connectivity index (χ3v) is 2.75. The number of halogens is 1. The van der Waals surface area contributed by atoms with Crippen molar-refractivity contribution in [3.8, 4) is 0 Å². The molecule has 2 rings (SSSR count). The van der Waals surface area contributed by atoms with Crippen LogP contribution in [0.15, 0.2) is 65.3 Å². The Morgan fingerprint density at radius 3 is 2.42 bits per heavy atom. The molecule has 0 aliphatic heterocycles. The van der Waals surface area contributed by atoms with E-state index in [9.17, 15) is 0 Å². The zero-order valence-corrected chi connectivity index (χ0v) is 11.4. The minimum Gasteiger partial charge on any atom is -0.279 e. The van der Waals surface area contributed by atoms with Gasteiger partial charge in [0, 0.05) is 5.02 Å². The van der Waals surface area contributed by atoms with Gasteiger partial charge in [0.1, 0.15) is 0 Å². The van der Waals surface area contributed by atoms with Crippen molar-refractivity contribution in [3.05, 3.63) is 70.8 Å². The third-order valence-electron chi connectivity index (χ3n) is 2.50. The average molecular weight is 271 g/mol. The quantitative estimate of drug-likeness (QED) is 0.624. The molecule has 0 atom stereocenters. The first-order valence-corrected chi connectivity index (χ1v) is 6.40. The molecule has 2 aromatic rings. The van der Waals surface area contributed by atoms with Gasteiger partial charge in [-0.15, -0.1) is 0 Å². The second kappa shape index (κ2) is 6.76. The van der Waals surface area contributed by atoms with Gasteiger partial charge in [0.15, 0.2) is 0 Å². The third kappa shape index (κ3) is 4.60. The topological polar surface area (TPSA) is 24.4 Å². The van der Waals surface area contributed by atoms with Crippen molar-refractivity contribution in [2.75, 3.05) is 5.43 Å². The molecule has 0 unspecified atom stereocenters. The summed E-state index contributed by atoms with van der Waals surface area (Å²) in [5, 5.41) is 4.90. The van der Waals surface area contributed by atoms with Crippen molar-refractivity contribution in [1.82, 2.24) is 0 Å². The maximum Gasteiger partial charge on any atom is 0.0562 e. The Balaban J connectivity index is 1.95. The lowest BCUT2D eigenvalue weighted by Gasteiger charge is -1.99. The highest BCUT2D eigenvalue weighted by Gasteiger charge is 1.90. The number of allylic oxidation sites excluding steroid dienone is 1. The summed E-state index contributed by atoms with van der Waals surface area (Å²) in [6.45, 7) is 2.01. The molecule has 0 amide bonds. The molecule has 0 heterocycles. The highest BCUT2D eigenvalue weighted by molar-refractivity contribution is 6.30. The maximum absolute atomic E-state index is 5.81. The average Bonchev–Trinajstić information content (AvgIpc) is 2.42. The van der Waals surface area contributed by atoms with Crippen LogP contribution in [0.1, 0.15) is 12.5 Å². The summed E-state index contributed by atoms with van der Waals surface area (Å²) in [4.78, 5) is 0. The minimum atomic E-state index is 0.717. The number of hydrogen-bond donors (Lipinski definition) is 1. The second-order valence-electron chi connectivity index (χ2n) is 4.18. The summed E-state index contributed by atoms with van der Waals surface area (Å²) in [6.07, 6.45) is 3.87. The molecule has 0 radical (unpaired) electrons. The molecule has 96 valence electrons. The van der Waals surface area contributed by atoms with Crippen molar-refractivity contribution in [3.63, 3.8) is 0 Å². The summed E-state index contributed by atoms with van der Waals surface area (Å²) >= 11 is 5.81. The number of hydrazone groups is 1. The molecule has 2 aromatic carbocycles. The first kappa shape index (κ1) is 13.4. The molecular weight excluding hydrogens is 256 g/mol. The SMILES string of the molecule is CC(/C=N\Nc1ccc(Cl)cc1)=C\c1ccccc1. The van der Waals surface area contributed by atoms with Crippen LogP contribution in [0.4, 0.5) is 5.69 Å². The normalized spacial score (nSPS) is 11.8. The van der Waals surface area contributed by atoms with Crippen LogP contribution >= 0.6 is 11.6 Å². The smallest absolute Gasteiger partial charge is 0.0562 e. The van der Waals surface area contributed by atoms with Crippen molar-refractivity contribution >= 4 is 29.6 Å². The van der Waals surface area contributed by atoms with E-state index >= 15 is 0 Å². The van der Waals surface area contributed by atoms with Gasteiger partial charge in [-0.25, -0.2) is 0 Å². The van der Waals surface area contributed by atoms with Gasteiger partial charge in [-0.2, -0.15) is 5.10 Å².